The summed E-state index contributed by atoms with van der Waals surface area (Å²) in [6, 6.07) is 6.84. The molecule has 1 aromatic rings. The maximum Gasteiger partial charge on any atom is 0.151 e. The SMILES string of the molecule is CCS(=O)(=O)CCNc1cc(C#N)ccc1N. The minimum absolute atomic E-state index is 0.0553. The molecule has 17 heavy (non-hydrogen) atoms. The fourth-order valence-corrected chi connectivity index (χ4v) is 1.97. The van der Waals surface area contributed by atoms with E-state index in [4.69, 9.17) is 11.0 Å². The Bertz CT molecular complexity index is 532. The van der Waals surface area contributed by atoms with Crippen molar-refractivity contribution in [3.8, 4) is 6.07 Å². The van der Waals surface area contributed by atoms with Crippen molar-refractivity contribution < 1.29 is 8.42 Å². The van der Waals surface area contributed by atoms with Crippen LogP contribution < -0.4 is 11.1 Å². The van der Waals surface area contributed by atoms with E-state index in [1.807, 2.05) is 6.07 Å². The molecule has 0 radical (unpaired) electrons. The standard InChI is InChI=1S/C11H15N3O2S/c1-2-17(15,16)6-5-14-11-7-9(8-12)3-4-10(11)13/h3-4,7,14H,2,5-6,13H2,1H3. The highest BCUT2D eigenvalue weighted by Crippen LogP contribution is 2.19. The van der Waals surface area contributed by atoms with Gasteiger partial charge in [0.1, 0.15) is 0 Å². The monoisotopic (exact) mass is 253 g/mol. The normalized spacial score (nSPS) is 10.8. The highest BCUT2D eigenvalue weighted by Gasteiger charge is 2.07. The van der Waals surface area contributed by atoms with Crippen LogP contribution in [-0.4, -0.2) is 26.5 Å². The van der Waals surface area contributed by atoms with E-state index in [9.17, 15) is 8.42 Å². The van der Waals surface area contributed by atoms with E-state index < -0.39 is 9.84 Å². The van der Waals surface area contributed by atoms with Crippen LogP contribution in [0.15, 0.2) is 18.2 Å². The highest BCUT2D eigenvalue weighted by molar-refractivity contribution is 7.91. The van der Waals surface area contributed by atoms with Gasteiger partial charge in [0.05, 0.1) is 28.8 Å². The van der Waals surface area contributed by atoms with Gasteiger partial charge in [0.2, 0.25) is 0 Å². The molecule has 0 heterocycles. The maximum atomic E-state index is 11.3. The molecule has 0 aliphatic carbocycles. The van der Waals surface area contributed by atoms with Gasteiger partial charge in [-0.2, -0.15) is 5.26 Å². The lowest BCUT2D eigenvalue weighted by Crippen LogP contribution is -2.17. The first kappa shape index (κ1) is 13.3. The fraction of sp³-hybridized carbons (Fsp3) is 0.364. The predicted molar refractivity (Wildman–Crippen MR) is 68.4 cm³/mol. The lowest BCUT2D eigenvalue weighted by Gasteiger charge is -2.09. The smallest absolute Gasteiger partial charge is 0.151 e. The van der Waals surface area contributed by atoms with Gasteiger partial charge in [-0.15, -0.1) is 0 Å². The van der Waals surface area contributed by atoms with Gasteiger partial charge in [-0.05, 0) is 18.2 Å². The number of hydrogen-bond donors (Lipinski definition) is 2. The number of nitrogens with zero attached hydrogens (tertiary/aromatic N) is 1. The first-order chi connectivity index (χ1) is 7.98. The van der Waals surface area contributed by atoms with Crippen molar-refractivity contribution >= 4 is 21.2 Å². The second-order valence-corrected chi connectivity index (χ2v) is 6.05. The third-order valence-corrected chi connectivity index (χ3v) is 4.06. The number of hydrogen-bond acceptors (Lipinski definition) is 5. The summed E-state index contributed by atoms with van der Waals surface area (Å²) >= 11 is 0. The van der Waals surface area contributed by atoms with Crippen LogP contribution in [0.4, 0.5) is 11.4 Å². The van der Waals surface area contributed by atoms with Crippen LogP contribution in [0, 0.1) is 11.3 Å². The third kappa shape index (κ3) is 3.96. The van der Waals surface area contributed by atoms with Gasteiger partial charge >= 0.3 is 0 Å². The van der Waals surface area contributed by atoms with E-state index in [1.54, 1.807) is 25.1 Å². The number of sulfone groups is 1. The van der Waals surface area contributed by atoms with E-state index in [2.05, 4.69) is 5.32 Å². The molecule has 0 fully saturated rings. The van der Waals surface area contributed by atoms with Gasteiger partial charge in [0, 0.05) is 12.3 Å². The molecule has 0 bridgehead atoms. The van der Waals surface area contributed by atoms with Gasteiger partial charge in [-0.3, -0.25) is 0 Å². The molecule has 0 atom stereocenters. The zero-order chi connectivity index (χ0) is 12.9. The number of benzene rings is 1. The number of nitrogens with two attached hydrogens (primary N) is 1. The summed E-state index contributed by atoms with van der Waals surface area (Å²) in [5, 5.41) is 11.7. The number of anilines is 2. The van der Waals surface area contributed by atoms with E-state index in [-0.39, 0.29) is 18.1 Å². The Morgan fingerprint density at radius 2 is 2.18 bits per heavy atom. The van der Waals surface area contributed by atoms with Crippen molar-refractivity contribution in [1.29, 1.82) is 5.26 Å². The lowest BCUT2D eigenvalue weighted by atomic mass is 10.2. The van der Waals surface area contributed by atoms with Crippen LogP contribution in [0.25, 0.3) is 0 Å². The van der Waals surface area contributed by atoms with E-state index in [1.165, 1.54) is 0 Å². The second-order valence-electron chi connectivity index (χ2n) is 3.58. The molecule has 1 rings (SSSR count). The Morgan fingerprint density at radius 1 is 1.47 bits per heavy atom. The van der Waals surface area contributed by atoms with Crippen LogP contribution in [0.5, 0.6) is 0 Å². The summed E-state index contributed by atoms with van der Waals surface area (Å²) < 4.78 is 22.5. The van der Waals surface area contributed by atoms with Gasteiger partial charge in [-0.25, -0.2) is 8.42 Å². The minimum atomic E-state index is -2.99. The first-order valence-corrected chi connectivity index (χ1v) is 7.04. The summed E-state index contributed by atoms with van der Waals surface area (Å²) in [6.07, 6.45) is 0. The number of nitriles is 1. The molecule has 92 valence electrons. The second kappa shape index (κ2) is 5.55. The zero-order valence-electron chi connectivity index (χ0n) is 9.60. The molecule has 5 nitrogen and oxygen atoms in total. The van der Waals surface area contributed by atoms with Gasteiger partial charge in [0.15, 0.2) is 9.84 Å². The van der Waals surface area contributed by atoms with Gasteiger partial charge in [0.25, 0.3) is 0 Å². The van der Waals surface area contributed by atoms with Gasteiger partial charge in [-0.1, -0.05) is 6.92 Å². The van der Waals surface area contributed by atoms with E-state index in [0.717, 1.165) is 0 Å². The van der Waals surface area contributed by atoms with Crippen molar-refractivity contribution in [2.24, 2.45) is 0 Å². The molecular formula is C11H15N3O2S. The molecule has 0 aromatic heterocycles. The Morgan fingerprint density at radius 3 is 2.76 bits per heavy atom. The fourth-order valence-electron chi connectivity index (χ4n) is 1.26. The third-order valence-electron chi connectivity index (χ3n) is 2.35. The molecule has 3 N–H and O–H groups in total. The number of nitrogens with one attached hydrogen (secondary N) is 1. The average molecular weight is 253 g/mol. The minimum Gasteiger partial charge on any atom is -0.397 e. The Hall–Kier alpha value is -1.74. The summed E-state index contributed by atoms with van der Waals surface area (Å²) in [5.74, 6) is 0.183. The Labute approximate surface area is 101 Å². The van der Waals surface area contributed by atoms with E-state index >= 15 is 0 Å². The summed E-state index contributed by atoms with van der Waals surface area (Å²) in [4.78, 5) is 0. The molecule has 6 heteroatoms. The predicted octanol–water partition coefficient (Wildman–Crippen LogP) is 0.987. The summed E-state index contributed by atoms with van der Waals surface area (Å²) in [6.45, 7) is 1.90. The maximum absolute atomic E-state index is 11.3. The lowest BCUT2D eigenvalue weighted by molar-refractivity contribution is 0.597. The van der Waals surface area contributed by atoms with Crippen molar-refractivity contribution in [3.63, 3.8) is 0 Å². The number of rotatable bonds is 5. The van der Waals surface area contributed by atoms with Crippen LogP contribution in [0.2, 0.25) is 0 Å². The Balaban J connectivity index is 2.67. The number of nitrogen functional groups attached to an aromatic ring is 1. The molecule has 0 aliphatic rings. The molecule has 0 aliphatic heterocycles. The van der Waals surface area contributed by atoms with Crippen molar-refractivity contribution in [2.45, 2.75) is 6.92 Å². The molecule has 0 saturated carbocycles. The van der Waals surface area contributed by atoms with Crippen LogP contribution >= 0.6 is 0 Å². The molecule has 0 spiro atoms. The Kier molecular flexibility index (Phi) is 4.35. The highest BCUT2D eigenvalue weighted by atomic mass is 32.2. The summed E-state index contributed by atoms with van der Waals surface area (Å²) in [5.41, 5.74) is 7.28. The first-order valence-electron chi connectivity index (χ1n) is 5.22. The van der Waals surface area contributed by atoms with Crippen molar-refractivity contribution in [2.75, 3.05) is 29.1 Å². The topological polar surface area (TPSA) is 96.0 Å². The zero-order valence-corrected chi connectivity index (χ0v) is 10.4. The largest absolute Gasteiger partial charge is 0.397 e. The molecule has 0 unspecified atom stereocenters. The van der Waals surface area contributed by atoms with Crippen LogP contribution in [0.3, 0.4) is 0 Å². The van der Waals surface area contributed by atoms with Crippen LogP contribution in [-0.2, 0) is 9.84 Å². The van der Waals surface area contributed by atoms with Gasteiger partial charge < -0.3 is 11.1 Å². The molecular weight excluding hydrogens is 238 g/mol. The molecule has 0 amide bonds. The summed E-state index contributed by atoms with van der Waals surface area (Å²) in [7, 11) is -2.99. The quantitative estimate of drug-likeness (QED) is 0.763. The van der Waals surface area contributed by atoms with E-state index in [0.29, 0.717) is 16.9 Å². The van der Waals surface area contributed by atoms with Crippen molar-refractivity contribution in [3.05, 3.63) is 23.8 Å². The molecule has 0 saturated heterocycles. The van der Waals surface area contributed by atoms with Crippen LogP contribution in [0.1, 0.15) is 12.5 Å². The molecule has 1 aromatic carbocycles. The van der Waals surface area contributed by atoms with Crippen molar-refractivity contribution in [1.82, 2.24) is 0 Å². The average Bonchev–Trinajstić information content (AvgIpc) is 2.31.